The summed E-state index contributed by atoms with van der Waals surface area (Å²) in [5, 5.41) is 25.7. The molecule has 0 unspecified atom stereocenters. The largest absolute Gasteiger partial charge is 0.399 e. The first-order valence-electron chi connectivity index (χ1n) is 8.97. The molecular formula is C21H23N3O2. The van der Waals surface area contributed by atoms with Crippen molar-refractivity contribution in [3.05, 3.63) is 66.4 Å². The van der Waals surface area contributed by atoms with Gasteiger partial charge in [0.05, 0.1) is 23.2 Å². The molecule has 5 heteroatoms. The molecule has 3 aromatic rings. The van der Waals surface area contributed by atoms with Crippen LogP contribution in [-0.2, 0) is 5.60 Å². The Morgan fingerprint density at radius 2 is 1.65 bits per heavy atom. The molecule has 1 heterocycles. The van der Waals surface area contributed by atoms with Gasteiger partial charge < -0.3 is 15.9 Å². The zero-order chi connectivity index (χ0) is 18.1. The molecule has 1 fully saturated rings. The highest BCUT2D eigenvalue weighted by Gasteiger charge is 2.37. The lowest BCUT2D eigenvalue weighted by Gasteiger charge is -2.32. The van der Waals surface area contributed by atoms with Gasteiger partial charge in [0, 0.05) is 11.3 Å². The number of benzene rings is 2. The Balaban J connectivity index is 1.81. The van der Waals surface area contributed by atoms with E-state index in [1.165, 1.54) is 0 Å². The zero-order valence-electron chi connectivity index (χ0n) is 14.5. The van der Waals surface area contributed by atoms with Gasteiger partial charge in [0.1, 0.15) is 5.60 Å². The van der Waals surface area contributed by atoms with Crippen LogP contribution in [0.4, 0.5) is 5.69 Å². The monoisotopic (exact) mass is 349 g/mol. The molecule has 0 atom stereocenters. The molecule has 0 bridgehead atoms. The molecule has 0 saturated heterocycles. The van der Waals surface area contributed by atoms with Crippen LogP contribution in [0.25, 0.3) is 16.9 Å². The Kier molecular flexibility index (Phi) is 4.26. The topological polar surface area (TPSA) is 84.3 Å². The van der Waals surface area contributed by atoms with Gasteiger partial charge in [0.15, 0.2) is 0 Å². The smallest absolute Gasteiger partial charge is 0.109 e. The highest BCUT2D eigenvalue weighted by molar-refractivity contribution is 5.65. The second kappa shape index (κ2) is 6.59. The van der Waals surface area contributed by atoms with Crippen LogP contribution in [0.1, 0.15) is 31.4 Å². The van der Waals surface area contributed by atoms with Gasteiger partial charge in [-0.05, 0) is 56.0 Å². The minimum atomic E-state index is -0.998. The van der Waals surface area contributed by atoms with Crippen LogP contribution in [-0.4, -0.2) is 26.1 Å². The van der Waals surface area contributed by atoms with Gasteiger partial charge in [-0.2, -0.15) is 5.10 Å². The van der Waals surface area contributed by atoms with E-state index in [2.05, 4.69) is 0 Å². The Bertz CT molecular complexity index is 879. The van der Waals surface area contributed by atoms with Crippen molar-refractivity contribution in [2.75, 3.05) is 5.73 Å². The molecule has 0 radical (unpaired) electrons. The minimum absolute atomic E-state index is 0.331. The Labute approximate surface area is 152 Å². The summed E-state index contributed by atoms with van der Waals surface area (Å²) in [6.07, 6.45) is 1.88. The number of hydrogen-bond donors (Lipinski definition) is 3. The van der Waals surface area contributed by atoms with Crippen molar-refractivity contribution in [1.29, 1.82) is 0 Å². The number of aliphatic hydroxyl groups is 2. The van der Waals surface area contributed by atoms with Gasteiger partial charge >= 0.3 is 0 Å². The molecule has 0 aliphatic heterocycles. The van der Waals surface area contributed by atoms with Crippen molar-refractivity contribution in [1.82, 2.24) is 9.78 Å². The van der Waals surface area contributed by atoms with Crippen LogP contribution in [0, 0.1) is 0 Å². The Morgan fingerprint density at radius 1 is 1.00 bits per heavy atom. The number of hydrogen-bond acceptors (Lipinski definition) is 4. The molecule has 26 heavy (non-hydrogen) atoms. The van der Waals surface area contributed by atoms with E-state index in [1.54, 1.807) is 0 Å². The summed E-state index contributed by atoms with van der Waals surface area (Å²) in [5.74, 6) is 0. The standard InChI is InChI=1S/C21H23N3O2/c22-16-8-6-15(7-9-16)19-14-20(21(26)12-10-18(25)11-13-21)23-24(19)17-4-2-1-3-5-17/h1-9,14,18,25-26H,10-13,22H2. The molecule has 1 aliphatic carbocycles. The maximum Gasteiger partial charge on any atom is 0.109 e. The van der Waals surface area contributed by atoms with Crippen LogP contribution >= 0.6 is 0 Å². The summed E-state index contributed by atoms with van der Waals surface area (Å²) in [4.78, 5) is 0. The molecule has 1 saturated carbocycles. The summed E-state index contributed by atoms with van der Waals surface area (Å²) in [6, 6.07) is 19.5. The normalized spacial score (nSPS) is 23.1. The second-order valence-electron chi connectivity index (χ2n) is 7.05. The number of para-hydroxylation sites is 1. The van der Waals surface area contributed by atoms with Gasteiger partial charge in [0.2, 0.25) is 0 Å². The summed E-state index contributed by atoms with van der Waals surface area (Å²) < 4.78 is 1.86. The quantitative estimate of drug-likeness (QED) is 0.634. The molecular weight excluding hydrogens is 326 g/mol. The summed E-state index contributed by atoms with van der Waals surface area (Å²) >= 11 is 0. The van der Waals surface area contributed by atoms with Crippen molar-refractivity contribution < 1.29 is 10.2 Å². The van der Waals surface area contributed by atoms with E-state index in [4.69, 9.17) is 10.8 Å². The van der Waals surface area contributed by atoms with Gasteiger partial charge in [-0.15, -0.1) is 0 Å². The Hall–Kier alpha value is -2.63. The maximum absolute atomic E-state index is 11.1. The number of nitrogens with two attached hydrogens (primary N) is 1. The second-order valence-corrected chi connectivity index (χ2v) is 7.05. The first kappa shape index (κ1) is 16.8. The highest BCUT2D eigenvalue weighted by Crippen LogP contribution is 2.38. The number of nitrogens with zero attached hydrogens (tertiary/aromatic N) is 2. The summed E-state index contributed by atoms with van der Waals surface area (Å²) in [7, 11) is 0. The van der Waals surface area contributed by atoms with E-state index >= 15 is 0 Å². The predicted octanol–water partition coefficient (Wildman–Crippen LogP) is 3.24. The van der Waals surface area contributed by atoms with E-state index in [-0.39, 0.29) is 6.10 Å². The van der Waals surface area contributed by atoms with Gasteiger partial charge in [-0.1, -0.05) is 30.3 Å². The van der Waals surface area contributed by atoms with Crippen molar-refractivity contribution in [3.63, 3.8) is 0 Å². The molecule has 134 valence electrons. The van der Waals surface area contributed by atoms with Crippen molar-refractivity contribution in [2.45, 2.75) is 37.4 Å². The zero-order valence-corrected chi connectivity index (χ0v) is 14.5. The van der Waals surface area contributed by atoms with Crippen molar-refractivity contribution in [3.8, 4) is 16.9 Å². The molecule has 5 nitrogen and oxygen atoms in total. The van der Waals surface area contributed by atoms with Crippen LogP contribution in [0.5, 0.6) is 0 Å². The van der Waals surface area contributed by atoms with Crippen LogP contribution in [0.15, 0.2) is 60.7 Å². The molecule has 1 aliphatic rings. The van der Waals surface area contributed by atoms with Crippen molar-refractivity contribution >= 4 is 5.69 Å². The third kappa shape index (κ3) is 3.11. The molecule has 4 N–H and O–H groups in total. The van der Waals surface area contributed by atoms with Crippen LogP contribution in [0.2, 0.25) is 0 Å². The van der Waals surface area contributed by atoms with Crippen LogP contribution < -0.4 is 5.73 Å². The fourth-order valence-corrected chi connectivity index (χ4v) is 3.57. The Morgan fingerprint density at radius 3 is 2.31 bits per heavy atom. The van der Waals surface area contributed by atoms with Gasteiger partial charge in [-0.25, -0.2) is 4.68 Å². The van der Waals surface area contributed by atoms with E-state index in [9.17, 15) is 10.2 Å². The number of aliphatic hydroxyl groups excluding tert-OH is 1. The fraction of sp³-hybridized carbons (Fsp3) is 0.286. The minimum Gasteiger partial charge on any atom is -0.399 e. The van der Waals surface area contributed by atoms with Gasteiger partial charge in [0.25, 0.3) is 0 Å². The molecule has 2 aromatic carbocycles. The number of anilines is 1. The summed E-state index contributed by atoms with van der Waals surface area (Å²) in [6.45, 7) is 0. The van der Waals surface area contributed by atoms with E-state index in [1.807, 2.05) is 65.3 Å². The molecule has 1 aromatic heterocycles. The van der Waals surface area contributed by atoms with Crippen LogP contribution in [0.3, 0.4) is 0 Å². The van der Waals surface area contributed by atoms with Crippen molar-refractivity contribution in [2.24, 2.45) is 0 Å². The molecule has 4 rings (SSSR count). The van der Waals surface area contributed by atoms with E-state index < -0.39 is 5.60 Å². The average molecular weight is 349 g/mol. The number of aromatic nitrogens is 2. The maximum atomic E-state index is 11.1. The third-order valence-electron chi connectivity index (χ3n) is 5.18. The number of rotatable bonds is 3. The average Bonchev–Trinajstić information content (AvgIpc) is 3.12. The highest BCUT2D eigenvalue weighted by atomic mass is 16.3. The SMILES string of the molecule is Nc1ccc(-c2cc(C3(O)CCC(O)CC3)nn2-c2ccccc2)cc1. The fourth-order valence-electron chi connectivity index (χ4n) is 3.57. The molecule has 0 spiro atoms. The lowest BCUT2D eigenvalue weighted by molar-refractivity contribution is -0.0393. The van der Waals surface area contributed by atoms with Gasteiger partial charge in [-0.3, -0.25) is 0 Å². The predicted molar refractivity (Wildman–Crippen MR) is 102 cm³/mol. The number of nitrogen functional groups attached to an aromatic ring is 1. The van der Waals surface area contributed by atoms with E-state index in [0.717, 1.165) is 16.9 Å². The van der Waals surface area contributed by atoms with E-state index in [0.29, 0.717) is 37.1 Å². The molecule has 0 amide bonds. The lowest BCUT2D eigenvalue weighted by atomic mass is 9.81. The lowest BCUT2D eigenvalue weighted by Crippen LogP contribution is -2.33. The first-order valence-corrected chi connectivity index (χ1v) is 8.97. The first-order chi connectivity index (χ1) is 12.5. The summed E-state index contributed by atoms with van der Waals surface area (Å²) in [5.41, 5.74) is 9.02. The third-order valence-corrected chi connectivity index (χ3v) is 5.18.